The molecule has 0 spiro atoms. The molecule has 0 radical (unpaired) electrons. The van der Waals surface area contributed by atoms with Crippen LogP contribution in [-0.4, -0.2) is 5.78 Å². The van der Waals surface area contributed by atoms with Gasteiger partial charge in [-0.15, -0.1) is 0 Å². The van der Waals surface area contributed by atoms with Gasteiger partial charge >= 0.3 is 0 Å². The highest BCUT2D eigenvalue weighted by Gasteiger charge is 2.10. The lowest BCUT2D eigenvalue weighted by Gasteiger charge is -2.04. The van der Waals surface area contributed by atoms with Gasteiger partial charge in [-0.05, 0) is 63.8 Å². The van der Waals surface area contributed by atoms with Crippen LogP contribution in [0.5, 0.6) is 0 Å². The highest BCUT2D eigenvalue weighted by Crippen LogP contribution is 2.30. The van der Waals surface area contributed by atoms with Gasteiger partial charge < -0.3 is 0 Å². The monoisotopic (exact) mass is 270 g/mol. The molecule has 1 nitrogen and oxygen atoms in total. The second-order valence-electron chi connectivity index (χ2n) is 5.51. The Balaban J connectivity index is 1.99. The zero-order valence-corrected chi connectivity index (χ0v) is 11.5. The van der Waals surface area contributed by atoms with Crippen molar-refractivity contribution in [1.82, 2.24) is 0 Å². The van der Waals surface area contributed by atoms with E-state index < -0.39 is 0 Å². The number of benzene rings is 2. The fourth-order valence-electron chi connectivity index (χ4n) is 2.91. The van der Waals surface area contributed by atoms with E-state index >= 15 is 0 Å². The second kappa shape index (κ2) is 4.71. The first kappa shape index (κ1) is 12.1. The molecule has 2 bridgehead atoms. The number of carbonyl (C=O) groups is 1. The summed E-state index contributed by atoms with van der Waals surface area (Å²) in [6.45, 7) is 0. The molecule has 0 saturated carbocycles. The van der Waals surface area contributed by atoms with E-state index in [1.54, 1.807) is 12.2 Å². The van der Waals surface area contributed by atoms with Gasteiger partial charge in [0.25, 0.3) is 0 Å². The molecule has 0 aromatic heterocycles. The van der Waals surface area contributed by atoms with Crippen LogP contribution >= 0.6 is 0 Å². The van der Waals surface area contributed by atoms with Crippen molar-refractivity contribution < 1.29 is 4.79 Å². The molecule has 0 heterocycles. The van der Waals surface area contributed by atoms with E-state index in [4.69, 9.17) is 0 Å². The molecule has 0 atom stereocenters. The Hall–Kier alpha value is -2.67. The molecule has 21 heavy (non-hydrogen) atoms. The smallest absolute Gasteiger partial charge is 0.178 e. The van der Waals surface area contributed by atoms with Crippen molar-refractivity contribution >= 4 is 28.7 Å². The van der Waals surface area contributed by atoms with E-state index in [1.807, 2.05) is 12.2 Å². The Morgan fingerprint density at radius 2 is 1.24 bits per heavy atom. The molecule has 0 aliphatic heterocycles. The molecule has 100 valence electrons. The van der Waals surface area contributed by atoms with Gasteiger partial charge in [0.15, 0.2) is 5.78 Å². The van der Waals surface area contributed by atoms with Gasteiger partial charge in [0.2, 0.25) is 0 Å². The minimum absolute atomic E-state index is 0.0441. The minimum Gasteiger partial charge on any atom is -0.290 e. The van der Waals surface area contributed by atoms with E-state index in [-0.39, 0.29) is 5.78 Å². The van der Waals surface area contributed by atoms with Crippen LogP contribution in [0.15, 0.2) is 71.8 Å². The fraction of sp³-hybridized carbons (Fsp3) is 0.0500. The van der Waals surface area contributed by atoms with Gasteiger partial charge in [0.05, 0.1) is 0 Å². The first-order chi connectivity index (χ1) is 10.3. The van der Waals surface area contributed by atoms with Gasteiger partial charge in [0, 0.05) is 0 Å². The molecule has 0 amide bonds. The van der Waals surface area contributed by atoms with E-state index in [2.05, 4.69) is 48.6 Å². The summed E-state index contributed by atoms with van der Waals surface area (Å²) in [5.41, 5.74) is 4.78. The average Bonchev–Trinajstić information content (AvgIpc) is 2.66. The summed E-state index contributed by atoms with van der Waals surface area (Å²) in [6.07, 6.45) is 12.4. The summed E-state index contributed by atoms with van der Waals surface area (Å²) >= 11 is 0. The minimum atomic E-state index is 0.0441. The Morgan fingerprint density at radius 1 is 0.714 bits per heavy atom. The van der Waals surface area contributed by atoms with E-state index in [0.29, 0.717) is 0 Å². The van der Waals surface area contributed by atoms with Crippen molar-refractivity contribution in [2.24, 2.45) is 0 Å². The van der Waals surface area contributed by atoms with Crippen molar-refractivity contribution in [2.75, 3.05) is 0 Å². The number of rotatable bonds is 0. The molecular weight excluding hydrogens is 256 g/mol. The summed E-state index contributed by atoms with van der Waals surface area (Å²) in [5, 5.41) is 2.49. The van der Waals surface area contributed by atoms with Crippen LogP contribution in [-0.2, 0) is 4.79 Å². The van der Waals surface area contributed by atoms with Crippen molar-refractivity contribution in [3.63, 3.8) is 0 Å². The van der Waals surface area contributed by atoms with Gasteiger partial charge in [0.1, 0.15) is 0 Å². The maximum atomic E-state index is 11.6. The molecule has 0 saturated heterocycles. The highest BCUT2D eigenvalue weighted by atomic mass is 16.1. The highest BCUT2D eigenvalue weighted by molar-refractivity contribution is 6.01. The normalized spacial score (nSPS) is 16.7. The molecular formula is C20H14O. The van der Waals surface area contributed by atoms with Gasteiger partial charge in [-0.1, -0.05) is 48.6 Å². The van der Waals surface area contributed by atoms with E-state index in [0.717, 1.165) is 6.42 Å². The van der Waals surface area contributed by atoms with Gasteiger partial charge in [-0.3, -0.25) is 4.79 Å². The number of allylic oxidation sites excluding steroid dienone is 6. The van der Waals surface area contributed by atoms with Crippen molar-refractivity contribution in [1.29, 1.82) is 0 Å². The zero-order chi connectivity index (χ0) is 14.2. The van der Waals surface area contributed by atoms with E-state index in [1.165, 1.54) is 33.0 Å². The first-order valence-corrected chi connectivity index (χ1v) is 7.12. The lowest BCUT2D eigenvalue weighted by atomic mass is 10.00. The molecule has 2 aliphatic rings. The maximum Gasteiger partial charge on any atom is 0.178 e. The molecule has 4 rings (SSSR count). The quantitative estimate of drug-likeness (QED) is 0.677. The topological polar surface area (TPSA) is 17.1 Å². The molecule has 2 aliphatic carbocycles. The third-order valence-corrected chi connectivity index (χ3v) is 3.96. The Labute approximate surface area is 123 Å². The van der Waals surface area contributed by atoms with Crippen LogP contribution < -0.4 is 0 Å². The van der Waals surface area contributed by atoms with Crippen LogP contribution in [0.2, 0.25) is 0 Å². The Kier molecular flexibility index (Phi) is 2.71. The number of hydrogen-bond donors (Lipinski definition) is 0. The number of ketones is 1. The van der Waals surface area contributed by atoms with Crippen LogP contribution in [0.25, 0.3) is 22.9 Å². The largest absolute Gasteiger partial charge is 0.290 e. The molecule has 0 N–H and O–H groups in total. The summed E-state index contributed by atoms with van der Waals surface area (Å²) in [5.74, 6) is 0.0441. The summed E-state index contributed by atoms with van der Waals surface area (Å²) in [4.78, 5) is 11.6. The van der Waals surface area contributed by atoms with Crippen LogP contribution in [0.3, 0.4) is 0 Å². The van der Waals surface area contributed by atoms with Crippen LogP contribution in [0.4, 0.5) is 0 Å². The van der Waals surface area contributed by atoms with Crippen molar-refractivity contribution in [3.05, 3.63) is 83.0 Å². The number of fused-ring (bicyclic) bond motifs is 4. The van der Waals surface area contributed by atoms with Gasteiger partial charge in [-0.25, -0.2) is 0 Å². The average molecular weight is 270 g/mol. The Morgan fingerprint density at radius 3 is 1.76 bits per heavy atom. The Bertz CT molecular complexity index is 805. The van der Waals surface area contributed by atoms with Crippen molar-refractivity contribution in [2.45, 2.75) is 6.42 Å². The zero-order valence-electron chi connectivity index (χ0n) is 11.5. The lowest BCUT2D eigenvalue weighted by Crippen LogP contribution is -1.91. The number of carbonyl (C=O) groups excluding carboxylic acids is 1. The molecule has 0 unspecified atom stereocenters. The summed E-state index contributed by atoms with van der Waals surface area (Å²) in [7, 11) is 0. The predicted molar refractivity (Wildman–Crippen MR) is 87.8 cm³/mol. The summed E-state index contributed by atoms with van der Waals surface area (Å²) in [6, 6.07) is 12.8. The summed E-state index contributed by atoms with van der Waals surface area (Å²) < 4.78 is 0. The number of hydrogen-bond acceptors (Lipinski definition) is 1. The van der Waals surface area contributed by atoms with Crippen LogP contribution in [0.1, 0.15) is 17.5 Å². The standard InChI is InChI=1S/C20H14O/c21-20-7-5-14-9-15(6-8-20)11-19-13-17-4-2-1-3-16(17)12-18(19)10-14/h1-8,10-13H,9H2. The molecule has 2 aromatic rings. The fourth-order valence-corrected chi connectivity index (χ4v) is 2.91. The van der Waals surface area contributed by atoms with E-state index in [9.17, 15) is 4.79 Å². The SMILES string of the molecule is O=C1C=CC2=Cc3cc4ccccc4cc3C=C(C=C1)C2. The predicted octanol–water partition coefficient (Wildman–Crippen LogP) is 4.71. The molecule has 0 fully saturated rings. The maximum absolute atomic E-state index is 11.6. The third-order valence-electron chi connectivity index (χ3n) is 3.96. The molecule has 1 heteroatoms. The van der Waals surface area contributed by atoms with Crippen molar-refractivity contribution in [3.8, 4) is 0 Å². The first-order valence-electron chi connectivity index (χ1n) is 7.12. The lowest BCUT2D eigenvalue weighted by molar-refractivity contribution is -0.110. The second-order valence-corrected chi connectivity index (χ2v) is 5.51. The van der Waals surface area contributed by atoms with Gasteiger partial charge in [-0.2, -0.15) is 0 Å². The van der Waals surface area contributed by atoms with Crippen LogP contribution in [0, 0.1) is 0 Å². The third kappa shape index (κ3) is 2.27. The molecule has 2 aromatic carbocycles.